The van der Waals surface area contributed by atoms with Gasteiger partial charge in [0.05, 0.1) is 5.02 Å². The average Bonchev–Trinajstić information content (AvgIpc) is 2.72. The smallest absolute Gasteiger partial charge is 0.146 e. The van der Waals surface area contributed by atoms with Gasteiger partial charge in [-0.25, -0.2) is 4.39 Å². The normalized spacial score (nSPS) is 21.6. The highest BCUT2D eigenvalue weighted by atomic mass is 35.5. The van der Waals surface area contributed by atoms with Crippen LogP contribution in [-0.2, 0) is 6.54 Å². The van der Waals surface area contributed by atoms with E-state index in [-0.39, 0.29) is 10.8 Å². The van der Waals surface area contributed by atoms with Crippen molar-refractivity contribution >= 4 is 23.2 Å². The van der Waals surface area contributed by atoms with Crippen LogP contribution in [0.5, 0.6) is 0 Å². The summed E-state index contributed by atoms with van der Waals surface area (Å²) in [6.07, 6.45) is 2.24. The maximum atomic E-state index is 13.7. The van der Waals surface area contributed by atoms with Crippen molar-refractivity contribution in [2.75, 3.05) is 12.4 Å². The van der Waals surface area contributed by atoms with Crippen molar-refractivity contribution < 1.29 is 4.39 Å². The van der Waals surface area contributed by atoms with Gasteiger partial charge in [-0.3, -0.25) is 4.90 Å². The van der Waals surface area contributed by atoms with Crippen molar-refractivity contribution in [2.45, 2.75) is 25.4 Å². The molecule has 0 saturated carbocycles. The topological polar surface area (TPSA) is 3.24 Å². The minimum absolute atomic E-state index is 0.194. The lowest BCUT2D eigenvalue weighted by atomic mass is 10.2. The van der Waals surface area contributed by atoms with E-state index in [0.717, 1.165) is 19.4 Å². The van der Waals surface area contributed by atoms with Gasteiger partial charge < -0.3 is 0 Å². The standard InChI is InChI=1S/C12H14Cl2FN/c13-7-10-4-2-6-16(10)8-9-3-1-5-11(14)12(9)15/h1,3,5,10H,2,4,6-8H2. The lowest BCUT2D eigenvalue weighted by molar-refractivity contribution is 0.259. The molecule has 2 rings (SSSR count). The monoisotopic (exact) mass is 261 g/mol. The summed E-state index contributed by atoms with van der Waals surface area (Å²) < 4.78 is 13.7. The molecule has 0 aromatic heterocycles. The molecule has 88 valence electrons. The van der Waals surface area contributed by atoms with Gasteiger partial charge >= 0.3 is 0 Å². The van der Waals surface area contributed by atoms with Crippen LogP contribution in [0, 0.1) is 5.82 Å². The van der Waals surface area contributed by atoms with Gasteiger partial charge in [-0.15, -0.1) is 11.6 Å². The number of hydrogen-bond acceptors (Lipinski definition) is 1. The molecule has 1 nitrogen and oxygen atoms in total. The Labute approximate surface area is 105 Å². The molecule has 16 heavy (non-hydrogen) atoms. The van der Waals surface area contributed by atoms with Crippen molar-refractivity contribution in [3.8, 4) is 0 Å². The molecule has 1 saturated heterocycles. The lowest BCUT2D eigenvalue weighted by Gasteiger charge is -2.22. The Morgan fingerprint density at radius 2 is 2.25 bits per heavy atom. The molecule has 0 bridgehead atoms. The molecule has 1 heterocycles. The van der Waals surface area contributed by atoms with Crippen molar-refractivity contribution in [1.29, 1.82) is 0 Å². The molecule has 1 aliphatic rings. The van der Waals surface area contributed by atoms with Gasteiger partial charge in [-0.2, -0.15) is 0 Å². The van der Waals surface area contributed by atoms with Crippen LogP contribution < -0.4 is 0 Å². The molecule has 1 unspecified atom stereocenters. The first-order valence-electron chi connectivity index (χ1n) is 5.45. The number of halogens is 3. The van der Waals surface area contributed by atoms with Gasteiger partial charge in [0.25, 0.3) is 0 Å². The minimum atomic E-state index is -0.301. The minimum Gasteiger partial charge on any atom is -0.295 e. The van der Waals surface area contributed by atoms with Crippen molar-refractivity contribution in [3.63, 3.8) is 0 Å². The number of likely N-dealkylation sites (tertiary alicyclic amines) is 1. The zero-order valence-electron chi connectivity index (χ0n) is 8.93. The van der Waals surface area contributed by atoms with E-state index in [1.54, 1.807) is 18.2 Å². The van der Waals surface area contributed by atoms with Gasteiger partial charge in [-0.05, 0) is 25.5 Å². The second kappa shape index (κ2) is 5.35. The maximum Gasteiger partial charge on any atom is 0.146 e. The Kier molecular flexibility index (Phi) is 4.06. The Hall–Kier alpha value is -0.310. The van der Waals surface area contributed by atoms with Crippen LogP contribution in [0.25, 0.3) is 0 Å². The SMILES string of the molecule is Fc1c(Cl)cccc1CN1CCCC1CCl. The van der Waals surface area contributed by atoms with Crippen LogP contribution in [0.2, 0.25) is 5.02 Å². The number of nitrogens with zero attached hydrogens (tertiary/aromatic N) is 1. The fourth-order valence-corrected chi connectivity index (χ4v) is 2.71. The summed E-state index contributed by atoms with van der Waals surface area (Å²) in [6, 6.07) is 5.51. The van der Waals surface area contributed by atoms with E-state index in [1.165, 1.54) is 0 Å². The van der Waals surface area contributed by atoms with Gasteiger partial charge in [0.15, 0.2) is 0 Å². The summed E-state index contributed by atoms with van der Waals surface area (Å²) in [5, 5.41) is 0.194. The highest BCUT2D eigenvalue weighted by Crippen LogP contribution is 2.24. The highest BCUT2D eigenvalue weighted by Gasteiger charge is 2.24. The summed E-state index contributed by atoms with van der Waals surface area (Å²) in [4.78, 5) is 2.22. The average molecular weight is 262 g/mol. The molecule has 0 spiro atoms. The van der Waals surface area contributed by atoms with Crippen LogP contribution in [0.3, 0.4) is 0 Å². The Bertz CT molecular complexity index is 370. The zero-order valence-corrected chi connectivity index (χ0v) is 10.4. The third-order valence-corrected chi connectivity index (χ3v) is 3.73. The molecule has 1 aliphatic heterocycles. The van der Waals surface area contributed by atoms with E-state index in [4.69, 9.17) is 23.2 Å². The molecule has 0 aliphatic carbocycles. The third-order valence-electron chi connectivity index (χ3n) is 3.08. The molecule has 4 heteroatoms. The second-order valence-electron chi connectivity index (χ2n) is 4.13. The van der Waals surface area contributed by atoms with Crippen LogP contribution in [0.15, 0.2) is 18.2 Å². The Balaban J connectivity index is 2.11. The summed E-state index contributed by atoms with van der Waals surface area (Å²) in [6.45, 7) is 1.59. The van der Waals surface area contributed by atoms with Crippen molar-refractivity contribution in [2.24, 2.45) is 0 Å². The molecule has 0 amide bonds. The summed E-state index contributed by atoms with van der Waals surface area (Å²) >= 11 is 11.6. The van der Waals surface area contributed by atoms with E-state index >= 15 is 0 Å². The predicted molar refractivity (Wildman–Crippen MR) is 65.6 cm³/mol. The molecule has 0 N–H and O–H groups in total. The maximum absolute atomic E-state index is 13.7. The first kappa shape index (κ1) is 12.2. The molecular formula is C12H14Cl2FN. The second-order valence-corrected chi connectivity index (χ2v) is 4.85. The summed E-state index contributed by atoms with van der Waals surface area (Å²) in [5.74, 6) is 0.312. The number of rotatable bonds is 3. The zero-order chi connectivity index (χ0) is 11.5. The highest BCUT2D eigenvalue weighted by molar-refractivity contribution is 6.30. The summed E-state index contributed by atoms with van der Waals surface area (Å²) in [7, 11) is 0. The van der Waals surface area contributed by atoms with Crippen LogP contribution >= 0.6 is 23.2 Å². The van der Waals surface area contributed by atoms with Gasteiger partial charge in [0.1, 0.15) is 5.82 Å². The molecule has 1 atom stereocenters. The number of benzene rings is 1. The first-order valence-corrected chi connectivity index (χ1v) is 6.36. The van der Waals surface area contributed by atoms with Crippen LogP contribution in [0.1, 0.15) is 18.4 Å². The fourth-order valence-electron chi connectivity index (χ4n) is 2.17. The van der Waals surface area contributed by atoms with Gasteiger partial charge in [-0.1, -0.05) is 23.7 Å². The van der Waals surface area contributed by atoms with E-state index in [0.29, 0.717) is 24.0 Å². The van der Waals surface area contributed by atoms with Crippen molar-refractivity contribution in [1.82, 2.24) is 4.90 Å². The largest absolute Gasteiger partial charge is 0.295 e. The summed E-state index contributed by atoms with van der Waals surface area (Å²) in [5.41, 5.74) is 0.657. The van der Waals surface area contributed by atoms with Crippen molar-refractivity contribution in [3.05, 3.63) is 34.6 Å². The predicted octanol–water partition coefficient (Wildman–Crippen LogP) is 3.68. The van der Waals surface area contributed by atoms with E-state index in [9.17, 15) is 4.39 Å². The number of hydrogen-bond donors (Lipinski definition) is 0. The molecular weight excluding hydrogens is 248 g/mol. The number of alkyl halides is 1. The van der Waals surface area contributed by atoms with Crippen LogP contribution in [0.4, 0.5) is 4.39 Å². The van der Waals surface area contributed by atoms with Crippen LogP contribution in [-0.4, -0.2) is 23.4 Å². The van der Waals surface area contributed by atoms with E-state index in [2.05, 4.69) is 4.90 Å². The van der Waals surface area contributed by atoms with Gasteiger partial charge in [0, 0.05) is 24.0 Å². The molecule has 1 aromatic carbocycles. The third kappa shape index (κ3) is 2.50. The molecule has 0 radical (unpaired) electrons. The fraction of sp³-hybridized carbons (Fsp3) is 0.500. The Morgan fingerprint density at radius 1 is 1.44 bits per heavy atom. The lowest BCUT2D eigenvalue weighted by Crippen LogP contribution is -2.30. The molecule has 1 fully saturated rings. The van der Waals surface area contributed by atoms with E-state index in [1.807, 2.05) is 0 Å². The van der Waals surface area contributed by atoms with E-state index < -0.39 is 0 Å². The quantitative estimate of drug-likeness (QED) is 0.751. The first-order chi connectivity index (χ1) is 7.72. The Morgan fingerprint density at radius 3 is 3.00 bits per heavy atom. The molecule has 1 aromatic rings. The van der Waals surface area contributed by atoms with Gasteiger partial charge in [0.2, 0.25) is 0 Å².